The first-order valence-electron chi connectivity index (χ1n) is 27.1. The highest BCUT2D eigenvalue weighted by Crippen LogP contribution is 2.16. The molecule has 0 saturated carbocycles. The molecular weight excluding hydrogens is 815 g/mol. The van der Waals surface area contributed by atoms with Gasteiger partial charge >= 0.3 is 5.97 Å². The zero-order valence-electron chi connectivity index (χ0n) is 42.8. The maximum absolute atomic E-state index is 13.2. The van der Waals surface area contributed by atoms with Crippen molar-refractivity contribution in [1.29, 1.82) is 0 Å². The molecule has 376 valence electrons. The van der Waals surface area contributed by atoms with E-state index in [2.05, 4.69) is 123 Å². The zero-order chi connectivity index (χ0) is 48.1. The van der Waals surface area contributed by atoms with Gasteiger partial charge in [-0.2, -0.15) is 0 Å². The number of nitrogens with one attached hydrogen (secondary N) is 1. The van der Waals surface area contributed by atoms with E-state index in [-0.39, 0.29) is 24.9 Å². The molecule has 3 N–H and O–H groups in total. The van der Waals surface area contributed by atoms with Gasteiger partial charge in [0.05, 0.1) is 25.2 Å². The van der Waals surface area contributed by atoms with Gasteiger partial charge in [0.25, 0.3) is 0 Å². The molecule has 0 aliphatic rings. The molecule has 3 unspecified atom stereocenters. The largest absolute Gasteiger partial charge is 0.458 e. The van der Waals surface area contributed by atoms with Crippen LogP contribution in [0.1, 0.15) is 233 Å². The summed E-state index contributed by atoms with van der Waals surface area (Å²) in [4.78, 5) is 26.2. The average Bonchev–Trinajstić information content (AvgIpc) is 3.31. The molecule has 0 aromatic heterocycles. The quantitative estimate of drug-likeness (QED) is 0.0321. The summed E-state index contributed by atoms with van der Waals surface area (Å²) in [5, 5.41) is 23.8. The number of ether oxygens (including phenoxy) is 1. The first kappa shape index (κ1) is 62.5. The minimum atomic E-state index is -0.829. The molecular formula is C60H101NO5. The SMILES string of the molecule is CC/C=C\C/C=C\C/C=C\C/C=C\C/C=C\C/C=C\C(CC(=O)NC(CO)C(O)CCCCCCCCCCCCCCCC)OC(=O)CCCCCCCC/C=C/C/C=C/C/C=C/CC. The van der Waals surface area contributed by atoms with E-state index in [4.69, 9.17) is 4.74 Å². The van der Waals surface area contributed by atoms with E-state index in [1.807, 2.05) is 6.08 Å². The number of hydrogen-bond donors (Lipinski definition) is 3. The number of unbranched alkanes of at least 4 members (excludes halogenated alkanes) is 19. The van der Waals surface area contributed by atoms with Crippen molar-refractivity contribution in [2.75, 3.05) is 6.61 Å². The van der Waals surface area contributed by atoms with Crippen LogP contribution in [0.4, 0.5) is 0 Å². The van der Waals surface area contributed by atoms with Gasteiger partial charge < -0.3 is 20.3 Å². The second kappa shape index (κ2) is 52.5. The Morgan fingerprint density at radius 3 is 1.29 bits per heavy atom. The van der Waals surface area contributed by atoms with Crippen LogP contribution in [0.25, 0.3) is 0 Å². The highest BCUT2D eigenvalue weighted by atomic mass is 16.5. The highest BCUT2D eigenvalue weighted by molar-refractivity contribution is 5.78. The lowest BCUT2D eigenvalue weighted by molar-refractivity contribution is -0.148. The Balaban J connectivity index is 4.79. The molecule has 0 rings (SSSR count). The monoisotopic (exact) mass is 916 g/mol. The fraction of sp³-hybridized carbons (Fsp3) is 0.667. The topological polar surface area (TPSA) is 95.9 Å². The standard InChI is InChI=1S/C60H101NO5/c1-4-7-10-13-16-19-22-25-28-30-31-33-36-39-42-45-48-51-56(66-60(65)53-50-47-44-41-38-35-32-29-26-23-20-17-14-11-8-5-2)54-59(64)61-57(55-62)58(63)52-49-46-43-40-37-34-27-24-21-18-15-12-9-6-3/h7-8,10-11,16-17,19-20,25-26,28-29,31,33,39,42,48,51,56-58,62-63H,4-6,9,12-15,18,21-24,27,30,32,34-38,40-41,43-47,49-50,52-55H2,1-3H3,(H,61,64)/b10-7-,11-8+,19-16-,20-17+,28-25-,29-26+,33-31-,42-39-,51-48-. The molecule has 0 aromatic carbocycles. The fourth-order valence-electron chi connectivity index (χ4n) is 7.56. The van der Waals surface area contributed by atoms with Crippen molar-refractivity contribution < 1.29 is 24.5 Å². The summed E-state index contributed by atoms with van der Waals surface area (Å²) in [7, 11) is 0. The van der Waals surface area contributed by atoms with E-state index < -0.39 is 18.2 Å². The number of aliphatic hydroxyl groups is 2. The smallest absolute Gasteiger partial charge is 0.306 e. The minimum absolute atomic E-state index is 0.0585. The lowest BCUT2D eigenvalue weighted by Crippen LogP contribution is -2.46. The predicted octanol–water partition coefficient (Wildman–Crippen LogP) is 16.7. The van der Waals surface area contributed by atoms with Gasteiger partial charge in [-0.15, -0.1) is 0 Å². The van der Waals surface area contributed by atoms with Crippen molar-refractivity contribution in [3.63, 3.8) is 0 Å². The van der Waals surface area contributed by atoms with Gasteiger partial charge in [-0.05, 0) is 89.5 Å². The van der Waals surface area contributed by atoms with Crippen LogP contribution in [0.3, 0.4) is 0 Å². The Hall–Kier alpha value is -3.48. The molecule has 0 spiro atoms. The van der Waals surface area contributed by atoms with Crippen LogP contribution in [0.5, 0.6) is 0 Å². The van der Waals surface area contributed by atoms with Crippen LogP contribution in [0.2, 0.25) is 0 Å². The van der Waals surface area contributed by atoms with Gasteiger partial charge in [0.1, 0.15) is 6.10 Å². The van der Waals surface area contributed by atoms with E-state index in [1.54, 1.807) is 6.08 Å². The number of carbonyl (C=O) groups is 2. The Kier molecular flexibility index (Phi) is 49.7. The number of hydrogen-bond acceptors (Lipinski definition) is 5. The van der Waals surface area contributed by atoms with Gasteiger partial charge in [-0.3, -0.25) is 9.59 Å². The van der Waals surface area contributed by atoms with Crippen LogP contribution in [-0.4, -0.2) is 46.9 Å². The normalized spacial score (nSPS) is 14.1. The molecule has 1 amide bonds. The van der Waals surface area contributed by atoms with Crippen molar-refractivity contribution in [2.45, 2.75) is 251 Å². The van der Waals surface area contributed by atoms with Crippen LogP contribution < -0.4 is 5.32 Å². The maximum Gasteiger partial charge on any atom is 0.306 e. The molecule has 0 aromatic rings. The highest BCUT2D eigenvalue weighted by Gasteiger charge is 2.23. The molecule has 0 aliphatic carbocycles. The summed E-state index contributed by atoms with van der Waals surface area (Å²) >= 11 is 0. The Bertz CT molecular complexity index is 1350. The summed E-state index contributed by atoms with van der Waals surface area (Å²) in [6.07, 6.45) is 71.8. The lowest BCUT2D eigenvalue weighted by atomic mass is 10.0. The molecule has 0 heterocycles. The number of carbonyl (C=O) groups excluding carboxylic acids is 2. The number of aliphatic hydroxyl groups excluding tert-OH is 2. The molecule has 66 heavy (non-hydrogen) atoms. The molecule has 0 bridgehead atoms. The second-order valence-corrected chi connectivity index (χ2v) is 17.9. The molecule has 0 radical (unpaired) electrons. The number of amides is 1. The van der Waals surface area contributed by atoms with Gasteiger partial charge in [0.15, 0.2) is 0 Å². The van der Waals surface area contributed by atoms with Gasteiger partial charge in [-0.25, -0.2) is 0 Å². The average molecular weight is 916 g/mol. The Morgan fingerprint density at radius 2 is 0.848 bits per heavy atom. The van der Waals surface area contributed by atoms with E-state index in [0.29, 0.717) is 19.3 Å². The summed E-state index contributed by atoms with van der Waals surface area (Å²) in [6, 6.07) is -0.753. The lowest BCUT2D eigenvalue weighted by Gasteiger charge is -2.23. The van der Waals surface area contributed by atoms with Crippen molar-refractivity contribution in [2.24, 2.45) is 0 Å². The van der Waals surface area contributed by atoms with E-state index >= 15 is 0 Å². The van der Waals surface area contributed by atoms with Crippen LogP contribution in [0.15, 0.2) is 109 Å². The van der Waals surface area contributed by atoms with Crippen molar-refractivity contribution in [1.82, 2.24) is 5.32 Å². The molecule has 3 atom stereocenters. The molecule has 0 saturated heterocycles. The summed E-state index contributed by atoms with van der Waals surface area (Å²) in [6.45, 7) is 6.22. The third-order valence-electron chi connectivity index (χ3n) is 11.6. The molecule has 6 nitrogen and oxygen atoms in total. The molecule has 0 fully saturated rings. The van der Waals surface area contributed by atoms with Gasteiger partial charge in [-0.1, -0.05) is 240 Å². The predicted molar refractivity (Wildman–Crippen MR) is 287 cm³/mol. The first-order valence-corrected chi connectivity index (χ1v) is 27.1. The molecule has 0 aliphatic heterocycles. The number of rotatable bonds is 47. The van der Waals surface area contributed by atoms with E-state index in [9.17, 15) is 19.8 Å². The van der Waals surface area contributed by atoms with Gasteiger partial charge in [0, 0.05) is 6.42 Å². The summed E-state index contributed by atoms with van der Waals surface area (Å²) < 4.78 is 5.83. The fourth-order valence-corrected chi connectivity index (χ4v) is 7.56. The van der Waals surface area contributed by atoms with Crippen molar-refractivity contribution in [3.05, 3.63) is 109 Å². The Morgan fingerprint density at radius 1 is 0.470 bits per heavy atom. The number of esters is 1. The van der Waals surface area contributed by atoms with Crippen LogP contribution >= 0.6 is 0 Å². The number of allylic oxidation sites excluding steroid dienone is 17. The van der Waals surface area contributed by atoms with Crippen LogP contribution in [-0.2, 0) is 14.3 Å². The summed E-state index contributed by atoms with van der Waals surface area (Å²) in [5.41, 5.74) is 0. The summed E-state index contributed by atoms with van der Waals surface area (Å²) in [5.74, 6) is -0.651. The van der Waals surface area contributed by atoms with E-state index in [1.165, 1.54) is 83.5 Å². The minimum Gasteiger partial charge on any atom is -0.458 e. The third-order valence-corrected chi connectivity index (χ3v) is 11.6. The van der Waals surface area contributed by atoms with Gasteiger partial charge in [0.2, 0.25) is 5.91 Å². The Labute approximate surface area is 407 Å². The first-order chi connectivity index (χ1) is 32.5. The van der Waals surface area contributed by atoms with Crippen LogP contribution in [0, 0.1) is 0 Å². The second-order valence-electron chi connectivity index (χ2n) is 17.9. The van der Waals surface area contributed by atoms with Crippen molar-refractivity contribution in [3.8, 4) is 0 Å². The zero-order valence-corrected chi connectivity index (χ0v) is 42.8. The van der Waals surface area contributed by atoms with Crippen molar-refractivity contribution >= 4 is 11.9 Å². The molecule has 6 heteroatoms. The third kappa shape index (κ3) is 47.0. The van der Waals surface area contributed by atoms with E-state index in [0.717, 1.165) is 103 Å². The maximum atomic E-state index is 13.2.